The lowest BCUT2D eigenvalue weighted by Crippen LogP contribution is -2.09. The maximum Gasteiger partial charge on any atom is 0.228 e. The number of hydrogen-bond donors (Lipinski definition) is 2. The molecule has 5 heteroatoms. The van der Waals surface area contributed by atoms with Crippen LogP contribution < -0.4 is 5.32 Å². The highest BCUT2D eigenvalue weighted by Gasteiger charge is 2.20. The van der Waals surface area contributed by atoms with E-state index in [-0.39, 0.29) is 24.3 Å². The Balaban J connectivity index is 2.31. The summed E-state index contributed by atoms with van der Waals surface area (Å²) in [5.74, 6) is -1.15. The van der Waals surface area contributed by atoms with Crippen molar-refractivity contribution in [3.8, 4) is 0 Å². The van der Waals surface area contributed by atoms with Gasteiger partial charge in [-0.2, -0.15) is 0 Å². The number of halogens is 1. The quantitative estimate of drug-likeness (QED) is 0.780. The highest BCUT2D eigenvalue weighted by molar-refractivity contribution is 5.99. The molecular weight excluding hydrogens is 213 g/mol. The van der Waals surface area contributed by atoms with Crippen LogP contribution in [0, 0.1) is 5.82 Å². The minimum Gasteiger partial charge on any atom is -0.389 e. The van der Waals surface area contributed by atoms with E-state index < -0.39 is 18.2 Å². The second-order valence-corrected chi connectivity index (χ2v) is 3.70. The lowest BCUT2D eigenvalue weighted by atomic mass is 10.0. The summed E-state index contributed by atoms with van der Waals surface area (Å²) >= 11 is 0. The zero-order valence-electron chi connectivity index (χ0n) is 8.42. The number of rotatable bonds is 3. The summed E-state index contributed by atoms with van der Waals surface area (Å²) < 4.78 is 13.5. The third-order valence-electron chi connectivity index (χ3n) is 2.46. The average molecular weight is 223 g/mol. The molecule has 1 aromatic rings. The molecule has 2 rings (SSSR count). The predicted molar refractivity (Wildman–Crippen MR) is 54.5 cm³/mol. The van der Waals surface area contributed by atoms with E-state index in [0.717, 1.165) is 0 Å². The molecule has 0 aromatic heterocycles. The van der Waals surface area contributed by atoms with Crippen LogP contribution >= 0.6 is 0 Å². The number of carbonyl (C=O) groups is 2. The number of hydrogen-bond acceptors (Lipinski definition) is 3. The van der Waals surface area contributed by atoms with Crippen LogP contribution in [0.1, 0.15) is 11.1 Å². The van der Waals surface area contributed by atoms with Crippen LogP contribution in [-0.4, -0.2) is 23.4 Å². The first-order chi connectivity index (χ1) is 7.60. The summed E-state index contributed by atoms with van der Waals surface area (Å²) in [6, 6.07) is 2.70. The van der Waals surface area contributed by atoms with Crippen molar-refractivity contribution in [1.82, 2.24) is 0 Å². The molecule has 0 radical (unpaired) electrons. The van der Waals surface area contributed by atoms with E-state index in [1.807, 2.05) is 0 Å². The van der Waals surface area contributed by atoms with Crippen LogP contribution in [-0.2, 0) is 22.4 Å². The van der Waals surface area contributed by atoms with Gasteiger partial charge in [-0.1, -0.05) is 0 Å². The predicted octanol–water partition coefficient (Wildman–Crippen LogP) is 0.424. The van der Waals surface area contributed by atoms with E-state index in [2.05, 4.69) is 5.32 Å². The van der Waals surface area contributed by atoms with Gasteiger partial charge in [0.2, 0.25) is 5.91 Å². The number of amides is 1. The van der Waals surface area contributed by atoms with Crippen molar-refractivity contribution in [3.63, 3.8) is 0 Å². The summed E-state index contributed by atoms with van der Waals surface area (Å²) in [5, 5.41) is 11.2. The topological polar surface area (TPSA) is 66.4 Å². The van der Waals surface area contributed by atoms with Gasteiger partial charge in [-0.3, -0.25) is 9.59 Å². The molecule has 4 nitrogen and oxygen atoms in total. The fourth-order valence-corrected chi connectivity index (χ4v) is 1.69. The number of nitrogens with one attached hydrogen (secondary N) is 1. The molecule has 1 aliphatic rings. The standard InChI is InChI=1S/C11H10FNO3/c12-9-2-7-4-11(16)13-10(7)3-6(9)1-8(15)5-14/h2-3,14H,1,4-5H2,(H,13,16). The molecule has 0 atom stereocenters. The van der Waals surface area contributed by atoms with Crippen LogP contribution in [0.4, 0.5) is 10.1 Å². The number of Topliss-reactive ketones (excluding diaryl/α,β-unsaturated/α-hetero) is 1. The van der Waals surface area contributed by atoms with Gasteiger partial charge in [0.1, 0.15) is 12.4 Å². The Labute approximate surface area is 91.1 Å². The molecule has 1 heterocycles. The Hall–Kier alpha value is -1.75. The first-order valence-electron chi connectivity index (χ1n) is 4.84. The summed E-state index contributed by atoms with van der Waals surface area (Å²) in [5.41, 5.74) is 1.34. The Kier molecular flexibility index (Phi) is 2.70. The number of aliphatic hydroxyl groups is 1. The Bertz CT molecular complexity index is 471. The molecule has 0 aliphatic carbocycles. The van der Waals surface area contributed by atoms with Gasteiger partial charge in [-0.05, 0) is 23.3 Å². The number of fused-ring (bicyclic) bond motifs is 1. The summed E-state index contributed by atoms with van der Waals surface area (Å²) in [6.07, 6.45) is 0.00592. The molecule has 0 fully saturated rings. The zero-order valence-corrected chi connectivity index (χ0v) is 8.42. The molecule has 1 aromatic carbocycles. The molecule has 0 bridgehead atoms. The summed E-state index contributed by atoms with van der Waals surface area (Å²) in [7, 11) is 0. The molecular formula is C11H10FNO3. The Morgan fingerprint density at radius 1 is 1.50 bits per heavy atom. The largest absolute Gasteiger partial charge is 0.389 e. The third kappa shape index (κ3) is 1.94. The number of anilines is 1. The zero-order chi connectivity index (χ0) is 11.7. The molecule has 0 spiro atoms. The summed E-state index contributed by atoms with van der Waals surface area (Å²) in [4.78, 5) is 22.1. The van der Waals surface area contributed by atoms with Gasteiger partial charge >= 0.3 is 0 Å². The van der Waals surface area contributed by atoms with E-state index in [1.54, 1.807) is 0 Å². The number of aliphatic hydroxyl groups excluding tert-OH is 1. The fraction of sp³-hybridized carbons (Fsp3) is 0.273. The average Bonchev–Trinajstić information content (AvgIpc) is 2.58. The molecule has 16 heavy (non-hydrogen) atoms. The fourth-order valence-electron chi connectivity index (χ4n) is 1.69. The normalized spacial score (nSPS) is 13.5. The van der Waals surface area contributed by atoms with E-state index in [9.17, 15) is 14.0 Å². The van der Waals surface area contributed by atoms with Crippen molar-refractivity contribution >= 4 is 17.4 Å². The number of ketones is 1. The Morgan fingerprint density at radius 3 is 2.94 bits per heavy atom. The third-order valence-corrected chi connectivity index (χ3v) is 2.46. The first-order valence-corrected chi connectivity index (χ1v) is 4.84. The van der Waals surface area contributed by atoms with Gasteiger partial charge in [0.05, 0.1) is 6.42 Å². The van der Waals surface area contributed by atoms with Gasteiger partial charge in [-0.25, -0.2) is 4.39 Å². The van der Waals surface area contributed by atoms with Crippen LogP contribution in [0.2, 0.25) is 0 Å². The van der Waals surface area contributed by atoms with E-state index in [0.29, 0.717) is 11.3 Å². The van der Waals surface area contributed by atoms with Crippen molar-refractivity contribution in [2.45, 2.75) is 12.8 Å². The van der Waals surface area contributed by atoms with Crippen molar-refractivity contribution in [2.75, 3.05) is 11.9 Å². The van der Waals surface area contributed by atoms with Gasteiger partial charge in [0.25, 0.3) is 0 Å². The van der Waals surface area contributed by atoms with E-state index in [1.165, 1.54) is 12.1 Å². The van der Waals surface area contributed by atoms with Gasteiger partial charge in [-0.15, -0.1) is 0 Å². The Morgan fingerprint density at radius 2 is 2.25 bits per heavy atom. The maximum absolute atomic E-state index is 13.5. The SMILES string of the molecule is O=C(CO)Cc1cc2c(cc1F)CC(=O)N2. The van der Waals surface area contributed by atoms with Crippen LogP contribution in [0.5, 0.6) is 0 Å². The molecule has 0 saturated carbocycles. The van der Waals surface area contributed by atoms with Gasteiger partial charge in [0.15, 0.2) is 5.78 Å². The van der Waals surface area contributed by atoms with Crippen LogP contribution in [0.25, 0.3) is 0 Å². The van der Waals surface area contributed by atoms with Crippen molar-refractivity contribution in [2.24, 2.45) is 0 Å². The highest BCUT2D eigenvalue weighted by atomic mass is 19.1. The van der Waals surface area contributed by atoms with Gasteiger partial charge < -0.3 is 10.4 Å². The molecule has 84 valence electrons. The second-order valence-electron chi connectivity index (χ2n) is 3.70. The monoisotopic (exact) mass is 223 g/mol. The van der Waals surface area contributed by atoms with Crippen LogP contribution in [0.15, 0.2) is 12.1 Å². The molecule has 0 unspecified atom stereocenters. The lowest BCUT2D eigenvalue weighted by Gasteiger charge is -2.05. The van der Waals surface area contributed by atoms with Crippen molar-refractivity contribution < 1.29 is 19.1 Å². The molecule has 1 amide bonds. The highest BCUT2D eigenvalue weighted by Crippen LogP contribution is 2.26. The van der Waals surface area contributed by atoms with Crippen molar-refractivity contribution in [1.29, 1.82) is 0 Å². The minimum atomic E-state index is -0.608. The number of benzene rings is 1. The second kappa shape index (κ2) is 4.02. The maximum atomic E-state index is 13.5. The number of carbonyl (C=O) groups excluding carboxylic acids is 2. The van der Waals surface area contributed by atoms with Gasteiger partial charge in [0, 0.05) is 12.1 Å². The molecule has 2 N–H and O–H groups in total. The molecule has 0 saturated heterocycles. The van der Waals surface area contributed by atoms with Crippen molar-refractivity contribution in [3.05, 3.63) is 29.1 Å². The lowest BCUT2D eigenvalue weighted by molar-refractivity contribution is -0.121. The van der Waals surface area contributed by atoms with E-state index in [4.69, 9.17) is 5.11 Å². The first kappa shape index (κ1) is 10.8. The van der Waals surface area contributed by atoms with E-state index >= 15 is 0 Å². The van der Waals surface area contributed by atoms with Crippen LogP contribution in [0.3, 0.4) is 0 Å². The smallest absolute Gasteiger partial charge is 0.228 e. The summed E-state index contributed by atoms with van der Waals surface area (Å²) in [6.45, 7) is -0.608. The molecule has 1 aliphatic heterocycles. The minimum absolute atomic E-state index is 0.161.